The average Bonchev–Trinajstić information content (AvgIpc) is 3.00. The van der Waals surface area contributed by atoms with Gasteiger partial charge in [0.2, 0.25) is 5.91 Å². The number of aromatic nitrogens is 1. The molecule has 1 heterocycles. The maximum Gasteiger partial charge on any atom is 0.226 e. The highest BCUT2D eigenvalue weighted by atomic mass is 32.1. The highest BCUT2D eigenvalue weighted by Gasteiger charge is 2.11. The lowest BCUT2D eigenvalue weighted by Gasteiger charge is -2.10. The van der Waals surface area contributed by atoms with Crippen molar-refractivity contribution < 1.29 is 14.3 Å². The second-order valence-electron chi connectivity index (χ2n) is 5.72. The first-order chi connectivity index (χ1) is 12.1. The van der Waals surface area contributed by atoms with Crippen LogP contribution in [0.1, 0.15) is 17.5 Å². The van der Waals surface area contributed by atoms with Gasteiger partial charge in [-0.3, -0.25) is 4.79 Å². The molecule has 2 aromatic carbocycles. The smallest absolute Gasteiger partial charge is 0.226 e. The summed E-state index contributed by atoms with van der Waals surface area (Å²) in [5, 5.41) is 3.51. The van der Waals surface area contributed by atoms with Crippen molar-refractivity contribution in [1.29, 1.82) is 0 Å². The fourth-order valence-electron chi connectivity index (χ4n) is 2.59. The zero-order valence-electron chi connectivity index (χ0n) is 14.5. The second kappa shape index (κ2) is 7.53. The van der Waals surface area contributed by atoms with E-state index in [1.165, 1.54) is 16.9 Å². The van der Waals surface area contributed by atoms with Crippen molar-refractivity contribution in [2.45, 2.75) is 19.8 Å². The van der Waals surface area contributed by atoms with Gasteiger partial charge in [-0.25, -0.2) is 4.98 Å². The number of thiazole rings is 1. The number of aryl methyl sites for hydroxylation is 2. The maximum atomic E-state index is 12.3. The lowest BCUT2D eigenvalue weighted by molar-refractivity contribution is -0.116. The lowest BCUT2D eigenvalue weighted by Crippen LogP contribution is -2.12. The Morgan fingerprint density at radius 1 is 1.16 bits per heavy atom. The van der Waals surface area contributed by atoms with Crippen LogP contribution in [0.5, 0.6) is 11.5 Å². The number of amides is 1. The predicted molar refractivity (Wildman–Crippen MR) is 101 cm³/mol. The van der Waals surface area contributed by atoms with Crippen LogP contribution in [-0.4, -0.2) is 25.1 Å². The first kappa shape index (κ1) is 17.2. The summed E-state index contributed by atoms with van der Waals surface area (Å²) in [6.07, 6.45) is 0.911. The summed E-state index contributed by atoms with van der Waals surface area (Å²) in [5.74, 6) is 1.43. The van der Waals surface area contributed by atoms with Crippen LogP contribution < -0.4 is 14.8 Å². The third-order valence-electron chi connectivity index (χ3n) is 3.90. The predicted octanol–water partition coefficient (Wildman–Crippen LogP) is 4.19. The lowest BCUT2D eigenvalue weighted by atomic mass is 10.1. The molecule has 6 heteroatoms. The number of nitrogens with one attached hydrogen (secondary N) is 1. The van der Waals surface area contributed by atoms with Gasteiger partial charge in [-0.1, -0.05) is 17.4 Å². The van der Waals surface area contributed by atoms with Crippen LogP contribution in [0, 0.1) is 6.92 Å². The Bertz CT molecular complexity index is 905. The van der Waals surface area contributed by atoms with Crippen LogP contribution in [0.2, 0.25) is 0 Å². The summed E-state index contributed by atoms with van der Waals surface area (Å²) in [6, 6.07) is 11.6. The largest absolute Gasteiger partial charge is 0.497 e. The minimum absolute atomic E-state index is 0.0688. The molecule has 1 amide bonds. The number of benzene rings is 2. The molecule has 0 saturated heterocycles. The zero-order valence-corrected chi connectivity index (χ0v) is 15.3. The van der Waals surface area contributed by atoms with Crippen LogP contribution >= 0.6 is 11.3 Å². The summed E-state index contributed by atoms with van der Waals surface area (Å²) >= 11 is 1.49. The number of carbonyl (C=O) groups excluding carboxylic acids is 1. The van der Waals surface area contributed by atoms with Gasteiger partial charge in [0.15, 0.2) is 5.13 Å². The van der Waals surface area contributed by atoms with Crippen molar-refractivity contribution in [1.82, 2.24) is 4.98 Å². The quantitative estimate of drug-likeness (QED) is 0.719. The van der Waals surface area contributed by atoms with Gasteiger partial charge in [0, 0.05) is 6.42 Å². The number of hydrogen-bond acceptors (Lipinski definition) is 5. The molecule has 3 rings (SSSR count). The molecule has 25 heavy (non-hydrogen) atoms. The maximum absolute atomic E-state index is 12.3. The Hall–Kier alpha value is -2.60. The minimum atomic E-state index is -0.0688. The van der Waals surface area contributed by atoms with E-state index in [0.29, 0.717) is 18.0 Å². The minimum Gasteiger partial charge on any atom is -0.497 e. The van der Waals surface area contributed by atoms with E-state index in [4.69, 9.17) is 9.47 Å². The number of fused-ring (bicyclic) bond motifs is 1. The Morgan fingerprint density at radius 2 is 2.00 bits per heavy atom. The molecule has 3 aromatic rings. The normalized spacial score (nSPS) is 10.7. The molecule has 5 nitrogen and oxygen atoms in total. The van der Waals surface area contributed by atoms with Crippen molar-refractivity contribution in [3.05, 3.63) is 47.5 Å². The molecule has 0 fully saturated rings. The van der Waals surface area contributed by atoms with Crippen molar-refractivity contribution in [2.24, 2.45) is 0 Å². The van der Waals surface area contributed by atoms with Crippen molar-refractivity contribution in [3.8, 4) is 11.5 Å². The van der Waals surface area contributed by atoms with Crippen molar-refractivity contribution in [2.75, 3.05) is 19.5 Å². The number of ether oxygens (including phenoxy) is 2. The van der Waals surface area contributed by atoms with E-state index in [-0.39, 0.29) is 5.91 Å². The average molecular weight is 356 g/mol. The van der Waals surface area contributed by atoms with Gasteiger partial charge in [-0.2, -0.15) is 0 Å². The number of methoxy groups -OCH3 is 2. The molecule has 0 unspecified atom stereocenters. The van der Waals surface area contributed by atoms with Crippen LogP contribution in [0.25, 0.3) is 10.2 Å². The van der Waals surface area contributed by atoms with Crippen LogP contribution in [-0.2, 0) is 11.2 Å². The molecule has 0 bridgehead atoms. The van der Waals surface area contributed by atoms with Crippen LogP contribution in [0.15, 0.2) is 36.4 Å². The Labute approximate surface area is 150 Å². The van der Waals surface area contributed by atoms with E-state index in [1.54, 1.807) is 14.2 Å². The number of rotatable bonds is 6. The van der Waals surface area contributed by atoms with E-state index in [9.17, 15) is 4.79 Å². The Kier molecular flexibility index (Phi) is 5.19. The van der Waals surface area contributed by atoms with Gasteiger partial charge in [-0.15, -0.1) is 0 Å². The molecule has 130 valence electrons. The molecule has 0 aliphatic heterocycles. The molecular weight excluding hydrogens is 336 g/mol. The number of carbonyl (C=O) groups is 1. The van der Waals surface area contributed by atoms with Gasteiger partial charge >= 0.3 is 0 Å². The number of hydrogen-bond donors (Lipinski definition) is 1. The van der Waals surface area contributed by atoms with E-state index in [0.717, 1.165) is 27.3 Å². The highest BCUT2D eigenvalue weighted by molar-refractivity contribution is 7.22. The van der Waals surface area contributed by atoms with Gasteiger partial charge in [0.05, 0.1) is 24.4 Å². The van der Waals surface area contributed by atoms with Crippen LogP contribution in [0.3, 0.4) is 0 Å². The fourth-order valence-corrected chi connectivity index (χ4v) is 3.57. The van der Waals surface area contributed by atoms with Gasteiger partial charge in [0.25, 0.3) is 0 Å². The van der Waals surface area contributed by atoms with Crippen molar-refractivity contribution in [3.63, 3.8) is 0 Å². The van der Waals surface area contributed by atoms with E-state index in [2.05, 4.69) is 16.4 Å². The third kappa shape index (κ3) is 4.09. The third-order valence-corrected chi connectivity index (χ3v) is 4.83. The van der Waals surface area contributed by atoms with Gasteiger partial charge in [0.1, 0.15) is 11.5 Å². The molecule has 0 saturated carbocycles. The Morgan fingerprint density at radius 3 is 2.76 bits per heavy atom. The first-order valence-corrected chi connectivity index (χ1v) is 8.78. The molecule has 0 aliphatic rings. The molecule has 1 N–H and O–H groups in total. The molecule has 0 aliphatic carbocycles. The molecular formula is C19H20N2O3S. The Balaban J connectivity index is 1.66. The summed E-state index contributed by atoms with van der Waals surface area (Å²) in [6.45, 7) is 2.04. The topological polar surface area (TPSA) is 60.5 Å². The van der Waals surface area contributed by atoms with E-state index in [1.807, 2.05) is 37.3 Å². The zero-order chi connectivity index (χ0) is 17.8. The summed E-state index contributed by atoms with van der Waals surface area (Å²) < 4.78 is 11.7. The van der Waals surface area contributed by atoms with Crippen LogP contribution in [0.4, 0.5) is 5.13 Å². The monoisotopic (exact) mass is 356 g/mol. The molecule has 0 radical (unpaired) electrons. The van der Waals surface area contributed by atoms with Gasteiger partial charge in [-0.05, 0) is 54.8 Å². The second-order valence-corrected chi connectivity index (χ2v) is 6.75. The van der Waals surface area contributed by atoms with E-state index >= 15 is 0 Å². The SMILES string of the molecule is COc1ccc(OC)c(CCC(=O)Nc2nc3ccc(C)cc3s2)c1. The van der Waals surface area contributed by atoms with Crippen molar-refractivity contribution >= 4 is 32.6 Å². The number of anilines is 1. The highest BCUT2D eigenvalue weighted by Crippen LogP contribution is 2.28. The summed E-state index contributed by atoms with van der Waals surface area (Å²) in [5.41, 5.74) is 3.02. The molecule has 1 aromatic heterocycles. The molecule has 0 spiro atoms. The van der Waals surface area contributed by atoms with Gasteiger partial charge < -0.3 is 14.8 Å². The fraction of sp³-hybridized carbons (Fsp3) is 0.263. The summed E-state index contributed by atoms with van der Waals surface area (Å²) in [4.78, 5) is 16.7. The van der Waals surface area contributed by atoms with E-state index < -0.39 is 0 Å². The number of nitrogens with zero attached hydrogens (tertiary/aromatic N) is 1. The first-order valence-electron chi connectivity index (χ1n) is 7.97. The molecule has 0 atom stereocenters. The standard InChI is InChI=1S/C19H20N2O3S/c1-12-4-7-15-17(10-12)25-19(20-15)21-18(22)9-5-13-11-14(23-2)6-8-16(13)24-3/h4,6-8,10-11H,5,9H2,1-3H3,(H,20,21,22). The summed E-state index contributed by atoms with van der Waals surface area (Å²) in [7, 11) is 3.24.